The summed E-state index contributed by atoms with van der Waals surface area (Å²) in [5.41, 5.74) is 3.13. The summed E-state index contributed by atoms with van der Waals surface area (Å²) in [6.07, 6.45) is 1.93. The second-order valence-corrected chi connectivity index (χ2v) is 6.19. The van der Waals surface area contributed by atoms with Crippen LogP contribution in [0.15, 0.2) is 12.1 Å². The van der Waals surface area contributed by atoms with Gasteiger partial charge in [-0.25, -0.2) is 0 Å². The van der Waals surface area contributed by atoms with Crippen LogP contribution >= 0.6 is 0 Å². The number of methoxy groups -OCH3 is 1. The van der Waals surface area contributed by atoms with Crippen LogP contribution in [0.3, 0.4) is 0 Å². The Bertz CT molecular complexity index is 709. The van der Waals surface area contributed by atoms with E-state index in [9.17, 15) is 4.79 Å². The van der Waals surface area contributed by atoms with Gasteiger partial charge >= 0.3 is 0 Å². The normalized spacial score (nSPS) is 16.9. The molecule has 1 aliphatic rings. The van der Waals surface area contributed by atoms with Gasteiger partial charge in [0.2, 0.25) is 17.7 Å². The van der Waals surface area contributed by atoms with Crippen LogP contribution < -0.4 is 9.47 Å². The van der Waals surface area contributed by atoms with Gasteiger partial charge in [-0.3, -0.25) is 9.89 Å². The molecule has 1 fully saturated rings. The molecule has 1 N–H and O–H groups in total. The number of likely N-dealkylation sites (tertiary alicyclic amines) is 1. The molecule has 25 heavy (non-hydrogen) atoms. The average molecular weight is 345 g/mol. The molecule has 0 spiro atoms. The number of amides is 1. The number of carbonyl (C=O) groups is 1. The van der Waals surface area contributed by atoms with Crippen LogP contribution in [0, 0.1) is 13.8 Å². The Morgan fingerprint density at radius 3 is 2.72 bits per heavy atom. The Hall–Kier alpha value is -2.64. The van der Waals surface area contributed by atoms with Gasteiger partial charge in [0.15, 0.2) is 0 Å². The van der Waals surface area contributed by atoms with Gasteiger partial charge in [0, 0.05) is 37.2 Å². The lowest BCUT2D eigenvalue weighted by molar-refractivity contribution is -0.130. The zero-order chi connectivity index (χ0) is 17.8. The molecular formula is C17H23N5O3. The summed E-state index contributed by atoms with van der Waals surface area (Å²) in [6, 6.07) is 3.43. The van der Waals surface area contributed by atoms with Crippen molar-refractivity contribution in [3.63, 3.8) is 0 Å². The Morgan fingerprint density at radius 1 is 1.32 bits per heavy atom. The molecule has 0 saturated carbocycles. The maximum absolute atomic E-state index is 12.4. The number of nitrogens with one attached hydrogen (secondary N) is 1. The molecule has 3 heterocycles. The fourth-order valence-electron chi connectivity index (χ4n) is 3.03. The number of rotatable bonds is 6. The summed E-state index contributed by atoms with van der Waals surface area (Å²) < 4.78 is 10.8. The van der Waals surface area contributed by atoms with Gasteiger partial charge in [0.1, 0.15) is 6.10 Å². The van der Waals surface area contributed by atoms with E-state index >= 15 is 0 Å². The third-order valence-electron chi connectivity index (χ3n) is 4.48. The number of H-pyrrole nitrogens is 1. The molecule has 1 atom stereocenters. The highest BCUT2D eigenvalue weighted by Crippen LogP contribution is 2.19. The number of hydrogen-bond acceptors (Lipinski definition) is 6. The quantitative estimate of drug-likeness (QED) is 0.851. The van der Waals surface area contributed by atoms with Crippen molar-refractivity contribution in [2.45, 2.75) is 39.2 Å². The van der Waals surface area contributed by atoms with Crippen LogP contribution in [0.5, 0.6) is 11.8 Å². The molecular weight excluding hydrogens is 322 g/mol. The highest BCUT2D eigenvalue weighted by atomic mass is 16.5. The summed E-state index contributed by atoms with van der Waals surface area (Å²) in [7, 11) is 1.54. The second-order valence-electron chi connectivity index (χ2n) is 6.19. The SMILES string of the molecule is COc1ccc(O[C@@H]2CCN(C(=O)CCc3c(C)n[nH]c3C)C2)nn1. The maximum atomic E-state index is 12.4. The largest absolute Gasteiger partial charge is 0.480 e. The van der Waals surface area contributed by atoms with E-state index in [1.54, 1.807) is 12.1 Å². The number of hydrogen-bond donors (Lipinski definition) is 1. The first-order valence-electron chi connectivity index (χ1n) is 8.39. The number of nitrogens with zero attached hydrogens (tertiary/aromatic N) is 4. The molecule has 0 aliphatic carbocycles. The molecule has 134 valence electrons. The van der Waals surface area contributed by atoms with Gasteiger partial charge in [0.25, 0.3) is 0 Å². The van der Waals surface area contributed by atoms with Crippen LogP contribution in [0.4, 0.5) is 0 Å². The minimum absolute atomic E-state index is 0.0518. The molecule has 2 aromatic rings. The summed E-state index contributed by atoms with van der Waals surface area (Å²) in [6.45, 7) is 5.22. The minimum Gasteiger partial charge on any atom is -0.480 e. The topological polar surface area (TPSA) is 93.2 Å². The van der Waals surface area contributed by atoms with Crippen molar-refractivity contribution >= 4 is 5.91 Å². The van der Waals surface area contributed by atoms with Crippen LogP contribution in [0.1, 0.15) is 29.8 Å². The van der Waals surface area contributed by atoms with E-state index in [4.69, 9.17) is 9.47 Å². The number of aryl methyl sites for hydroxylation is 2. The zero-order valence-corrected chi connectivity index (χ0v) is 14.8. The van der Waals surface area contributed by atoms with Crippen LogP contribution in [0.2, 0.25) is 0 Å². The van der Waals surface area contributed by atoms with Gasteiger partial charge in [-0.15, -0.1) is 10.2 Å². The van der Waals surface area contributed by atoms with E-state index in [0.29, 0.717) is 37.7 Å². The first kappa shape index (κ1) is 17.2. The van der Waals surface area contributed by atoms with Gasteiger partial charge < -0.3 is 14.4 Å². The lowest BCUT2D eigenvalue weighted by Gasteiger charge is -2.17. The van der Waals surface area contributed by atoms with Crippen LogP contribution in [0.25, 0.3) is 0 Å². The second kappa shape index (κ2) is 7.50. The van der Waals surface area contributed by atoms with E-state index in [1.165, 1.54) is 7.11 Å². The predicted octanol–water partition coefficient (Wildman–Crippen LogP) is 1.44. The Balaban J connectivity index is 1.49. The van der Waals surface area contributed by atoms with Crippen molar-refractivity contribution in [3.05, 3.63) is 29.1 Å². The number of carbonyl (C=O) groups excluding carboxylic acids is 1. The fourth-order valence-corrected chi connectivity index (χ4v) is 3.03. The molecule has 8 heteroatoms. The fraction of sp³-hybridized carbons (Fsp3) is 0.529. The molecule has 0 aromatic carbocycles. The highest BCUT2D eigenvalue weighted by molar-refractivity contribution is 5.76. The van der Waals surface area contributed by atoms with Crippen molar-refractivity contribution < 1.29 is 14.3 Å². The summed E-state index contributed by atoms with van der Waals surface area (Å²) in [5.74, 6) is 1.04. The van der Waals surface area contributed by atoms with Crippen molar-refractivity contribution in [3.8, 4) is 11.8 Å². The van der Waals surface area contributed by atoms with Gasteiger partial charge in [-0.1, -0.05) is 0 Å². The smallest absolute Gasteiger partial charge is 0.233 e. The molecule has 0 bridgehead atoms. The Kier molecular flexibility index (Phi) is 5.16. The third kappa shape index (κ3) is 4.07. The predicted molar refractivity (Wildman–Crippen MR) is 90.6 cm³/mol. The molecule has 1 saturated heterocycles. The van der Waals surface area contributed by atoms with E-state index < -0.39 is 0 Å². The molecule has 1 aliphatic heterocycles. The summed E-state index contributed by atoms with van der Waals surface area (Å²) in [4.78, 5) is 14.3. The van der Waals surface area contributed by atoms with Crippen LogP contribution in [-0.2, 0) is 11.2 Å². The third-order valence-corrected chi connectivity index (χ3v) is 4.48. The Morgan fingerprint density at radius 2 is 2.08 bits per heavy atom. The lowest BCUT2D eigenvalue weighted by atomic mass is 10.1. The highest BCUT2D eigenvalue weighted by Gasteiger charge is 2.28. The standard InChI is InChI=1S/C17H23N5O3/c1-11-14(12(2)19-18-11)4-7-17(23)22-9-8-13(10-22)25-16-6-5-15(24-3)20-21-16/h5-6,13H,4,7-10H2,1-3H3,(H,18,19)/t13-/m1/s1. The van der Waals surface area contributed by atoms with Gasteiger partial charge in [-0.05, 0) is 25.8 Å². The minimum atomic E-state index is -0.0518. The van der Waals surface area contributed by atoms with Gasteiger partial charge in [0.05, 0.1) is 19.3 Å². The molecule has 0 unspecified atom stereocenters. The van der Waals surface area contributed by atoms with Crippen molar-refractivity contribution in [2.75, 3.05) is 20.2 Å². The molecule has 0 radical (unpaired) electrons. The lowest BCUT2D eigenvalue weighted by Crippen LogP contribution is -2.31. The first-order chi connectivity index (χ1) is 12.1. The van der Waals surface area contributed by atoms with Crippen LogP contribution in [-0.4, -0.2) is 57.5 Å². The van der Waals surface area contributed by atoms with Crippen molar-refractivity contribution in [1.29, 1.82) is 0 Å². The Labute approximate surface area is 146 Å². The number of aromatic amines is 1. The summed E-state index contributed by atoms with van der Waals surface area (Å²) >= 11 is 0. The number of aromatic nitrogens is 4. The summed E-state index contributed by atoms with van der Waals surface area (Å²) in [5, 5.41) is 15.0. The number of ether oxygens (including phenoxy) is 2. The van der Waals surface area contributed by atoms with Gasteiger partial charge in [-0.2, -0.15) is 5.10 Å². The average Bonchev–Trinajstić information content (AvgIpc) is 3.21. The first-order valence-corrected chi connectivity index (χ1v) is 8.39. The van der Waals surface area contributed by atoms with E-state index in [0.717, 1.165) is 23.4 Å². The maximum Gasteiger partial charge on any atom is 0.233 e. The molecule has 1 amide bonds. The zero-order valence-electron chi connectivity index (χ0n) is 14.8. The molecule has 3 rings (SSSR count). The van der Waals surface area contributed by atoms with E-state index in [2.05, 4.69) is 20.4 Å². The van der Waals surface area contributed by atoms with E-state index in [1.807, 2.05) is 18.7 Å². The van der Waals surface area contributed by atoms with Crippen molar-refractivity contribution in [2.24, 2.45) is 0 Å². The monoisotopic (exact) mass is 345 g/mol. The molecule has 2 aromatic heterocycles. The molecule has 8 nitrogen and oxygen atoms in total. The van der Waals surface area contributed by atoms with E-state index in [-0.39, 0.29) is 12.0 Å². The van der Waals surface area contributed by atoms with Crippen molar-refractivity contribution in [1.82, 2.24) is 25.3 Å².